The fourth-order valence-electron chi connectivity index (χ4n) is 4.20. The zero-order valence-corrected chi connectivity index (χ0v) is 27.2. The molecule has 2 aliphatic heterocycles. The Hall–Kier alpha value is -4.51. The summed E-state index contributed by atoms with van der Waals surface area (Å²) in [7, 11) is 0. The lowest BCUT2D eigenvalue weighted by Gasteiger charge is -2.49. The zero-order chi connectivity index (χ0) is 34.0. The minimum Gasteiger partial charge on any atom is -0.508 e. The number of aromatic carboxylic acids is 1. The molecule has 0 bridgehead atoms. The van der Waals surface area contributed by atoms with Crippen LogP contribution in [0.15, 0.2) is 60.0 Å². The molecule has 0 aliphatic carbocycles. The van der Waals surface area contributed by atoms with Crippen LogP contribution < -0.4 is 16.6 Å². The number of oxime groups is 1. The fraction of sp³-hybridized carbons (Fsp3) is 0.200. The molecule has 2 aromatic heterocycles. The normalized spacial score (nSPS) is 18.3. The number of anilines is 1. The summed E-state index contributed by atoms with van der Waals surface area (Å²) < 4.78 is 2.48. The number of aliphatic carboxylic acids is 2. The lowest BCUT2D eigenvalue weighted by atomic mass is 10.0. The molecule has 47 heavy (non-hydrogen) atoms. The van der Waals surface area contributed by atoms with Gasteiger partial charge in [0.1, 0.15) is 28.6 Å². The Labute approximate surface area is 283 Å². The van der Waals surface area contributed by atoms with Crippen LogP contribution in [0.4, 0.5) is 5.13 Å². The quantitative estimate of drug-likeness (QED) is 0.0428. The van der Waals surface area contributed by atoms with Crippen LogP contribution in [0, 0.1) is 0 Å². The van der Waals surface area contributed by atoms with E-state index in [-0.39, 0.29) is 38.0 Å². The van der Waals surface area contributed by atoms with E-state index in [2.05, 4.69) is 19.8 Å². The summed E-state index contributed by atoms with van der Waals surface area (Å²) in [5, 5.41) is 45.3. The molecule has 4 heterocycles. The molecule has 0 saturated carbocycles. The monoisotopic (exact) mass is 740 g/mol. The van der Waals surface area contributed by atoms with E-state index < -0.39 is 63.4 Å². The number of benzene rings is 1. The average Bonchev–Trinajstić information content (AvgIpc) is 3.63. The largest absolute Gasteiger partial charge is 0.508 e. The number of aromatic nitrogens is 2. The number of aromatic hydroxyl groups is 1. The number of hydrogen-bond acceptors (Lipinski definition) is 16. The maximum Gasteiger partial charge on any atom is 0.358 e. The number of nitrogen functional groups attached to an aromatic ring is 1. The molecule has 3 atom stereocenters. The van der Waals surface area contributed by atoms with E-state index in [1.54, 1.807) is 0 Å². The van der Waals surface area contributed by atoms with Gasteiger partial charge in [-0.25, -0.2) is 19.4 Å². The number of phenolic OH excluding ortho intramolecular Hbond substituents is 1. The molecule has 1 fully saturated rings. The highest BCUT2D eigenvalue weighted by Gasteiger charge is 2.54. The lowest BCUT2D eigenvalue weighted by molar-refractivity contribution is -0.150. The topological polar surface area (TPSA) is 275 Å². The molecule has 5 rings (SSSR count). The number of fused-ring (bicyclic) bond motifs is 1. The van der Waals surface area contributed by atoms with Gasteiger partial charge in [-0.1, -0.05) is 28.5 Å². The first kappa shape index (κ1) is 33.8. The maximum atomic E-state index is 13.4. The molecule has 2 amide bonds. The molecule has 1 saturated heterocycles. The average molecular weight is 741 g/mol. The number of nitrogens with two attached hydrogens (primary N) is 1. The van der Waals surface area contributed by atoms with Gasteiger partial charge in [-0.2, -0.15) is 0 Å². The second-order valence-electron chi connectivity index (χ2n) is 9.31. The number of carboxylic acids is 3. The molecule has 17 nitrogen and oxygen atoms in total. The van der Waals surface area contributed by atoms with Crippen LogP contribution in [-0.2, 0) is 24.0 Å². The van der Waals surface area contributed by atoms with Crippen LogP contribution in [0.5, 0.6) is 5.75 Å². The maximum absolute atomic E-state index is 13.4. The van der Waals surface area contributed by atoms with Gasteiger partial charge in [0, 0.05) is 21.8 Å². The number of thioether (sulfide) groups is 3. The van der Waals surface area contributed by atoms with Gasteiger partial charge in [0.2, 0.25) is 0 Å². The molecular formula is C25H20N6O11S5. The van der Waals surface area contributed by atoms with E-state index >= 15 is 0 Å². The Kier molecular flexibility index (Phi) is 10.1. The van der Waals surface area contributed by atoms with E-state index in [1.165, 1.54) is 29.6 Å². The van der Waals surface area contributed by atoms with Crippen molar-refractivity contribution in [2.24, 2.45) is 5.16 Å². The van der Waals surface area contributed by atoms with E-state index in [0.29, 0.717) is 10.5 Å². The van der Waals surface area contributed by atoms with Crippen molar-refractivity contribution in [3.8, 4) is 5.75 Å². The summed E-state index contributed by atoms with van der Waals surface area (Å²) in [6, 6.07) is 4.39. The third-order valence-corrected chi connectivity index (χ3v) is 11.6. The fourth-order valence-corrected chi connectivity index (χ4v) is 8.92. The van der Waals surface area contributed by atoms with Gasteiger partial charge < -0.3 is 36.3 Å². The molecule has 22 heteroatoms. The van der Waals surface area contributed by atoms with Gasteiger partial charge in [-0.15, -0.1) is 34.9 Å². The van der Waals surface area contributed by atoms with Crippen LogP contribution in [0.3, 0.4) is 0 Å². The summed E-state index contributed by atoms with van der Waals surface area (Å²) in [4.78, 5) is 84.6. The Morgan fingerprint density at radius 2 is 1.89 bits per heavy atom. The van der Waals surface area contributed by atoms with Crippen molar-refractivity contribution in [1.82, 2.24) is 19.6 Å². The van der Waals surface area contributed by atoms with E-state index in [9.17, 15) is 49.2 Å². The third kappa shape index (κ3) is 7.25. The van der Waals surface area contributed by atoms with Gasteiger partial charge in [0.15, 0.2) is 16.4 Å². The van der Waals surface area contributed by atoms with Gasteiger partial charge >= 0.3 is 17.9 Å². The Bertz CT molecular complexity index is 1890. The molecule has 0 spiro atoms. The summed E-state index contributed by atoms with van der Waals surface area (Å²) in [6.45, 7) is 0. The molecular weight excluding hydrogens is 721 g/mol. The minimum atomic E-state index is -1.63. The summed E-state index contributed by atoms with van der Waals surface area (Å²) in [5.41, 5.74) is 2.26. The van der Waals surface area contributed by atoms with E-state index in [0.717, 1.165) is 63.1 Å². The number of carbonyl (C=O) groups is 5. The number of nitrogens with zero attached hydrogens (tertiary/aromatic N) is 3. The Balaban J connectivity index is 1.33. The van der Waals surface area contributed by atoms with Crippen molar-refractivity contribution in [1.29, 1.82) is 0 Å². The van der Waals surface area contributed by atoms with Gasteiger partial charge in [-0.3, -0.25) is 23.7 Å². The number of hydrogen-bond donors (Lipinski definition) is 7. The van der Waals surface area contributed by atoms with Crippen molar-refractivity contribution in [2.45, 2.75) is 26.0 Å². The number of carboxylic acid groups (broad SMARTS) is 3. The smallest absolute Gasteiger partial charge is 0.358 e. The molecule has 246 valence electrons. The number of amides is 2. The first-order chi connectivity index (χ1) is 22.3. The SMILES string of the molecule is Nc1nc(/C(=N/OC(Sc2ccc(O)cc2)C(=O)O)C(=O)NC2C(=O)N3C(C(=O)O)=C(CSc4s[nH]c(=O)c4C(=O)O)CSC23)cs1. The second-order valence-corrected chi connectivity index (χ2v) is 14.5. The molecule has 8 N–H and O–H groups in total. The number of carbonyl (C=O) groups excluding carboxylic acids is 2. The van der Waals surface area contributed by atoms with Crippen LogP contribution in [-0.4, -0.2) is 98.5 Å². The van der Waals surface area contributed by atoms with E-state index in [1.807, 2.05) is 0 Å². The van der Waals surface area contributed by atoms with Crippen molar-refractivity contribution in [3.63, 3.8) is 0 Å². The van der Waals surface area contributed by atoms with Crippen molar-refractivity contribution in [3.05, 3.63) is 62.5 Å². The predicted molar refractivity (Wildman–Crippen MR) is 172 cm³/mol. The summed E-state index contributed by atoms with van der Waals surface area (Å²) in [6.07, 6.45) is 0. The van der Waals surface area contributed by atoms with Gasteiger partial charge in [-0.05, 0) is 29.8 Å². The predicted octanol–water partition coefficient (Wildman–Crippen LogP) is 1.33. The van der Waals surface area contributed by atoms with E-state index in [4.69, 9.17) is 10.6 Å². The number of thiazole rings is 1. The minimum absolute atomic E-state index is 0.0253. The van der Waals surface area contributed by atoms with Gasteiger partial charge in [0.05, 0.1) is 4.21 Å². The van der Waals surface area contributed by atoms with Crippen LogP contribution in [0.25, 0.3) is 0 Å². The Morgan fingerprint density at radius 3 is 2.51 bits per heavy atom. The number of nitrogens with one attached hydrogen (secondary N) is 2. The highest BCUT2D eigenvalue weighted by atomic mass is 32.2. The van der Waals surface area contributed by atoms with Crippen LogP contribution in [0.1, 0.15) is 16.1 Å². The zero-order valence-electron chi connectivity index (χ0n) is 23.1. The highest BCUT2D eigenvalue weighted by Crippen LogP contribution is 2.42. The number of phenols is 1. The molecule has 3 aromatic rings. The molecule has 3 unspecified atom stereocenters. The number of aromatic amines is 1. The lowest BCUT2D eigenvalue weighted by Crippen LogP contribution is -2.71. The first-order valence-corrected chi connectivity index (χ1v) is 17.4. The molecule has 2 aliphatic rings. The second kappa shape index (κ2) is 14.1. The third-order valence-electron chi connectivity index (χ3n) is 6.30. The Morgan fingerprint density at radius 1 is 1.17 bits per heavy atom. The number of β-lactam (4-membered cyclic amide) rings is 1. The summed E-state index contributed by atoms with van der Waals surface area (Å²) in [5.74, 6) is -5.95. The van der Waals surface area contributed by atoms with Crippen molar-refractivity contribution < 1.29 is 49.2 Å². The summed E-state index contributed by atoms with van der Waals surface area (Å²) >= 11 is 4.58. The van der Waals surface area contributed by atoms with Gasteiger partial charge in [0.25, 0.3) is 22.8 Å². The van der Waals surface area contributed by atoms with Crippen LogP contribution in [0.2, 0.25) is 0 Å². The highest BCUT2D eigenvalue weighted by molar-refractivity contribution is 8.02. The first-order valence-electron chi connectivity index (χ1n) is 12.8. The number of H-pyrrole nitrogens is 1. The molecule has 1 aromatic carbocycles. The van der Waals surface area contributed by atoms with Crippen LogP contribution >= 0.6 is 58.2 Å². The van der Waals surface area contributed by atoms with Crippen molar-refractivity contribution >= 4 is 98.7 Å². The molecule has 0 radical (unpaired) electrons. The van der Waals surface area contributed by atoms with Crippen molar-refractivity contribution in [2.75, 3.05) is 17.2 Å². The standard InChI is InChI=1S/C25H20N6O11S5/c26-25-27-11(7-45-25)13(29-42-23(22(40)41)46-10-3-1-9(32)2-4-10)17(34)28-14-18(35)31-15(21(38)39)8(5-43-19(14)31)6-44-24-12(20(36)37)16(33)30-47-24/h1-4,7,14,19,23,32H,5-6H2,(H2,26,27)(H,28,34)(H,30,33)(H,36,37)(H,38,39)(H,40,41)/b29-13-. The number of rotatable bonds is 13.